The third-order valence-electron chi connectivity index (χ3n) is 4.51. The van der Waals surface area contributed by atoms with Crippen LogP contribution in [0.3, 0.4) is 0 Å². The largest absolute Gasteiger partial charge is 0.316 e. The topological polar surface area (TPSA) is 12.0 Å². The highest BCUT2D eigenvalue weighted by Gasteiger charge is 2.25. The molecule has 1 atom stereocenters. The molecule has 1 nitrogen and oxygen atoms in total. The quantitative estimate of drug-likeness (QED) is 0.833. The third-order valence-corrected chi connectivity index (χ3v) is 4.51. The van der Waals surface area contributed by atoms with Crippen LogP contribution in [-0.2, 0) is 6.42 Å². The van der Waals surface area contributed by atoms with Crippen molar-refractivity contribution in [1.82, 2.24) is 5.32 Å². The fraction of sp³-hybridized carbons (Fsp3) is 0.625. The fourth-order valence-corrected chi connectivity index (χ4v) is 3.40. The molecule has 0 aromatic heterocycles. The Morgan fingerprint density at radius 2 is 1.82 bits per heavy atom. The Kier molecular flexibility index (Phi) is 3.46. The van der Waals surface area contributed by atoms with Crippen molar-refractivity contribution >= 4 is 0 Å². The first-order valence-corrected chi connectivity index (χ1v) is 7.22. The van der Waals surface area contributed by atoms with E-state index in [0.29, 0.717) is 0 Å². The van der Waals surface area contributed by atoms with E-state index in [4.69, 9.17) is 0 Å². The second-order valence-corrected chi connectivity index (χ2v) is 5.76. The second-order valence-electron chi connectivity index (χ2n) is 5.76. The number of rotatable bonds is 4. The molecule has 2 aliphatic rings. The lowest BCUT2D eigenvalue weighted by molar-refractivity contribution is 0.337. The molecule has 1 fully saturated rings. The summed E-state index contributed by atoms with van der Waals surface area (Å²) in [6.07, 6.45) is 8.57. The van der Waals surface area contributed by atoms with E-state index < -0.39 is 0 Å². The van der Waals surface area contributed by atoms with Crippen LogP contribution in [0.1, 0.15) is 49.1 Å². The first-order valence-electron chi connectivity index (χ1n) is 7.22. The van der Waals surface area contributed by atoms with Gasteiger partial charge in [-0.05, 0) is 42.9 Å². The molecule has 1 unspecified atom stereocenters. The molecule has 0 bridgehead atoms. The van der Waals surface area contributed by atoms with Crippen LogP contribution in [0.15, 0.2) is 24.3 Å². The normalized spacial score (nSPS) is 24.1. The Morgan fingerprint density at radius 3 is 2.65 bits per heavy atom. The van der Waals surface area contributed by atoms with E-state index in [9.17, 15) is 0 Å². The first-order chi connectivity index (χ1) is 8.43. The highest BCUT2D eigenvalue weighted by Crippen LogP contribution is 2.34. The van der Waals surface area contributed by atoms with Gasteiger partial charge in [0.05, 0.1) is 0 Å². The molecule has 1 saturated carbocycles. The summed E-state index contributed by atoms with van der Waals surface area (Å²) in [5.74, 6) is 1.74. The lowest BCUT2D eigenvalue weighted by Crippen LogP contribution is -2.32. The Morgan fingerprint density at radius 1 is 1.00 bits per heavy atom. The van der Waals surface area contributed by atoms with Gasteiger partial charge >= 0.3 is 0 Å². The molecule has 92 valence electrons. The van der Waals surface area contributed by atoms with Crippen LogP contribution in [0.2, 0.25) is 0 Å². The number of hydrogen-bond acceptors (Lipinski definition) is 1. The highest BCUT2D eigenvalue weighted by molar-refractivity contribution is 5.40. The van der Waals surface area contributed by atoms with Crippen LogP contribution in [0.25, 0.3) is 0 Å². The number of hydrogen-bond donors (Lipinski definition) is 1. The minimum Gasteiger partial charge on any atom is -0.316 e. The van der Waals surface area contributed by atoms with Crippen molar-refractivity contribution in [1.29, 1.82) is 0 Å². The number of fused-ring (bicyclic) bond motifs is 1. The standard InChI is InChI=1S/C16H23N/c1-2-6-13(7-3-1)11-17-12-15-10-14-8-4-5-9-16(14)15/h4-5,8-9,13,15,17H,1-3,6-7,10-12H2. The average molecular weight is 229 g/mol. The zero-order valence-corrected chi connectivity index (χ0v) is 10.6. The monoisotopic (exact) mass is 229 g/mol. The van der Waals surface area contributed by atoms with Gasteiger partial charge in [0.1, 0.15) is 0 Å². The second kappa shape index (κ2) is 5.22. The molecule has 0 saturated heterocycles. The zero-order valence-electron chi connectivity index (χ0n) is 10.6. The van der Waals surface area contributed by atoms with Crippen molar-refractivity contribution < 1.29 is 0 Å². The minimum atomic E-state index is 0.787. The van der Waals surface area contributed by atoms with E-state index in [2.05, 4.69) is 29.6 Å². The number of nitrogens with one attached hydrogen (secondary N) is 1. The van der Waals surface area contributed by atoms with Crippen molar-refractivity contribution in [2.45, 2.75) is 44.4 Å². The van der Waals surface area contributed by atoms with Crippen molar-refractivity contribution in [3.63, 3.8) is 0 Å². The van der Waals surface area contributed by atoms with Crippen molar-refractivity contribution in [3.05, 3.63) is 35.4 Å². The molecule has 1 aromatic carbocycles. The predicted octanol–water partition coefficient (Wildman–Crippen LogP) is 3.50. The van der Waals surface area contributed by atoms with Gasteiger partial charge in [0.25, 0.3) is 0 Å². The van der Waals surface area contributed by atoms with Gasteiger partial charge in [-0.2, -0.15) is 0 Å². The summed E-state index contributed by atoms with van der Waals surface area (Å²) >= 11 is 0. The highest BCUT2D eigenvalue weighted by atomic mass is 14.9. The molecule has 0 heterocycles. The Hall–Kier alpha value is -0.820. The molecule has 0 radical (unpaired) electrons. The van der Waals surface area contributed by atoms with Crippen molar-refractivity contribution in [2.75, 3.05) is 13.1 Å². The maximum Gasteiger partial charge on any atom is 0.00235 e. The van der Waals surface area contributed by atoms with Crippen LogP contribution in [-0.4, -0.2) is 13.1 Å². The molecular formula is C16H23N. The van der Waals surface area contributed by atoms with Crippen LogP contribution < -0.4 is 5.32 Å². The summed E-state index contributed by atoms with van der Waals surface area (Å²) in [6.45, 7) is 2.44. The minimum absolute atomic E-state index is 0.787. The lowest BCUT2D eigenvalue weighted by Gasteiger charge is -2.31. The summed E-state index contributed by atoms with van der Waals surface area (Å²) in [7, 11) is 0. The van der Waals surface area contributed by atoms with E-state index in [1.54, 1.807) is 11.1 Å². The Bertz CT molecular complexity index is 366. The van der Waals surface area contributed by atoms with Crippen LogP contribution in [0.5, 0.6) is 0 Å². The third kappa shape index (κ3) is 2.55. The smallest absolute Gasteiger partial charge is 0.00235 e. The molecule has 3 rings (SSSR count). The van der Waals surface area contributed by atoms with Crippen molar-refractivity contribution in [3.8, 4) is 0 Å². The van der Waals surface area contributed by atoms with Crippen molar-refractivity contribution in [2.24, 2.45) is 5.92 Å². The summed E-state index contributed by atoms with van der Waals surface area (Å²) in [5.41, 5.74) is 3.15. The van der Waals surface area contributed by atoms with E-state index >= 15 is 0 Å². The maximum atomic E-state index is 3.70. The molecular weight excluding hydrogens is 206 g/mol. The van der Waals surface area contributed by atoms with Gasteiger partial charge in [-0.3, -0.25) is 0 Å². The molecule has 0 amide bonds. The van der Waals surface area contributed by atoms with E-state index in [1.165, 1.54) is 51.6 Å². The molecule has 2 aliphatic carbocycles. The maximum absolute atomic E-state index is 3.70. The molecule has 17 heavy (non-hydrogen) atoms. The first kappa shape index (κ1) is 11.3. The summed E-state index contributed by atoms with van der Waals surface area (Å²) in [6, 6.07) is 8.90. The van der Waals surface area contributed by atoms with Gasteiger partial charge < -0.3 is 5.32 Å². The summed E-state index contributed by atoms with van der Waals surface area (Å²) < 4.78 is 0. The van der Waals surface area contributed by atoms with E-state index in [1.807, 2.05) is 0 Å². The zero-order chi connectivity index (χ0) is 11.5. The van der Waals surface area contributed by atoms with Gasteiger partial charge in [-0.15, -0.1) is 0 Å². The molecule has 0 spiro atoms. The fourth-order valence-electron chi connectivity index (χ4n) is 3.40. The van der Waals surface area contributed by atoms with Gasteiger partial charge in [-0.1, -0.05) is 43.5 Å². The van der Waals surface area contributed by atoms with Crippen LogP contribution in [0, 0.1) is 5.92 Å². The molecule has 1 heteroatoms. The average Bonchev–Trinajstić information content (AvgIpc) is 2.36. The Labute approximate surface area is 105 Å². The number of benzene rings is 1. The molecule has 1 aromatic rings. The van der Waals surface area contributed by atoms with Gasteiger partial charge in [-0.25, -0.2) is 0 Å². The summed E-state index contributed by atoms with van der Waals surface area (Å²) in [4.78, 5) is 0. The van der Waals surface area contributed by atoms with Crippen LogP contribution >= 0.6 is 0 Å². The van der Waals surface area contributed by atoms with Gasteiger partial charge in [0.15, 0.2) is 0 Å². The lowest BCUT2D eigenvalue weighted by atomic mass is 9.77. The van der Waals surface area contributed by atoms with Crippen LogP contribution in [0.4, 0.5) is 0 Å². The SMILES string of the molecule is c1ccc2c(c1)CC2CNCC1CCCCC1. The van der Waals surface area contributed by atoms with Gasteiger partial charge in [0.2, 0.25) is 0 Å². The van der Waals surface area contributed by atoms with Gasteiger partial charge in [0, 0.05) is 12.5 Å². The molecule has 1 N–H and O–H groups in total. The van der Waals surface area contributed by atoms with E-state index in [-0.39, 0.29) is 0 Å². The Balaban J connectivity index is 1.41. The van der Waals surface area contributed by atoms with E-state index in [0.717, 1.165) is 11.8 Å². The summed E-state index contributed by atoms with van der Waals surface area (Å²) in [5, 5.41) is 3.70. The predicted molar refractivity (Wildman–Crippen MR) is 72.3 cm³/mol. The molecule has 0 aliphatic heterocycles.